The molecule has 0 saturated carbocycles. The van der Waals surface area contributed by atoms with Gasteiger partial charge in [0.25, 0.3) is 0 Å². The summed E-state index contributed by atoms with van der Waals surface area (Å²) in [4.78, 5) is 38.4. The molecule has 1 heterocycles. The molecule has 0 amide bonds. The molecule has 0 radical (unpaired) electrons. The first-order valence-corrected chi connectivity index (χ1v) is 11.6. The number of rotatable bonds is 8. The van der Waals surface area contributed by atoms with Gasteiger partial charge in [0.15, 0.2) is 18.5 Å². The number of hydrogen-bond acceptors (Lipinski definition) is 9. The molecule has 9 nitrogen and oxygen atoms in total. The minimum Gasteiger partial charge on any atom is -0.459 e. The molecule has 0 aromatic heterocycles. The fraction of sp³-hybridized carbons (Fsp3) is 0.250. The number of hydrogen-bond donors (Lipinski definition) is 1. The van der Waals surface area contributed by atoms with Crippen LogP contribution in [0, 0.1) is 0 Å². The van der Waals surface area contributed by atoms with Gasteiger partial charge >= 0.3 is 17.9 Å². The third kappa shape index (κ3) is 6.39. The lowest BCUT2D eigenvalue weighted by molar-refractivity contribution is -0.290. The fourth-order valence-electron chi connectivity index (χ4n) is 3.90. The summed E-state index contributed by atoms with van der Waals surface area (Å²) in [6.45, 7) is -0.395. The summed E-state index contributed by atoms with van der Waals surface area (Å²) in [5.41, 5.74) is 0.799. The van der Waals surface area contributed by atoms with Crippen LogP contribution in [0.5, 0.6) is 0 Å². The Morgan fingerprint density at radius 2 is 1.11 bits per heavy atom. The van der Waals surface area contributed by atoms with E-state index in [4.69, 9.17) is 23.7 Å². The average Bonchev–Trinajstić information content (AvgIpc) is 2.94. The van der Waals surface area contributed by atoms with Crippen LogP contribution in [0.3, 0.4) is 0 Å². The van der Waals surface area contributed by atoms with E-state index in [1.54, 1.807) is 91.0 Å². The largest absolute Gasteiger partial charge is 0.459 e. The summed E-state index contributed by atoms with van der Waals surface area (Å²) in [6, 6.07) is 24.7. The number of aliphatic hydroxyl groups excluding tert-OH is 1. The molecule has 5 atom stereocenters. The molecule has 9 heteroatoms. The second-order valence-corrected chi connectivity index (χ2v) is 8.20. The zero-order valence-electron chi connectivity index (χ0n) is 20.0. The second kappa shape index (κ2) is 12.3. The van der Waals surface area contributed by atoms with Gasteiger partial charge in [0.2, 0.25) is 0 Å². The van der Waals surface area contributed by atoms with Crippen molar-refractivity contribution in [1.82, 2.24) is 0 Å². The Labute approximate surface area is 213 Å². The van der Waals surface area contributed by atoms with E-state index in [2.05, 4.69) is 0 Å². The van der Waals surface area contributed by atoms with Crippen molar-refractivity contribution in [3.05, 3.63) is 108 Å². The van der Waals surface area contributed by atoms with Crippen molar-refractivity contribution in [2.24, 2.45) is 0 Å². The lowest BCUT2D eigenvalue weighted by Crippen LogP contribution is -2.62. The molecular weight excluding hydrogens is 480 g/mol. The Bertz CT molecular complexity index is 1180. The van der Waals surface area contributed by atoms with Crippen LogP contribution in [0.1, 0.15) is 31.1 Å². The molecule has 37 heavy (non-hydrogen) atoms. The van der Waals surface area contributed by atoms with Crippen molar-refractivity contribution in [1.29, 1.82) is 0 Å². The summed E-state index contributed by atoms with van der Waals surface area (Å²) >= 11 is 0. The lowest BCUT2D eigenvalue weighted by Gasteiger charge is -2.42. The smallest absolute Gasteiger partial charge is 0.338 e. The van der Waals surface area contributed by atoms with Crippen molar-refractivity contribution >= 4 is 17.9 Å². The first-order valence-electron chi connectivity index (χ1n) is 11.6. The zero-order valence-corrected chi connectivity index (χ0v) is 20.0. The summed E-state index contributed by atoms with van der Waals surface area (Å²) in [7, 11) is 1.30. The Morgan fingerprint density at radius 3 is 1.57 bits per heavy atom. The monoisotopic (exact) mass is 506 g/mol. The maximum atomic E-state index is 13.0. The molecule has 1 N–H and O–H groups in total. The third-order valence-electron chi connectivity index (χ3n) is 5.77. The SMILES string of the molecule is CO[C@@H]1[C@@H](OC(=O)c2ccccc2)[C@@H](OC(=O)c2ccccc2)[C@@H](COC(=O)c2ccccc2)O[C@@H]1O. The van der Waals surface area contributed by atoms with Gasteiger partial charge in [0, 0.05) is 7.11 Å². The molecule has 0 spiro atoms. The van der Waals surface area contributed by atoms with E-state index in [9.17, 15) is 19.5 Å². The quantitative estimate of drug-likeness (QED) is 0.363. The van der Waals surface area contributed by atoms with Gasteiger partial charge in [0.1, 0.15) is 18.8 Å². The first kappa shape index (κ1) is 26.0. The van der Waals surface area contributed by atoms with Crippen LogP contribution >= 0.6 is 0 Å². The number of esters is 3. The molecule has 3 aromatic carbocycles. The van der Waals surface area contributed by atoms with Crippen LogP contribution in [0.25, 0.3) is 0 Å². The van der Waals surface area contributed by atoms with E-state index >= 15 is 0 Å². The first-order chi connectivity index (χ1) is 18.0. The summed E-state index contributed by atoms with van der Waals surface area (Å²) in [5.74, 6) is -2.08. The van der Waals surface area contributed by atoms with Crippen molar-refractivity contribution in [3.8, 4) is 0 Å². The van der Waals surface area contributed by atoms with Crippen molar-refractivity contribution in [3.63, 3.8) is 0 Å². The maximum Gasteiger partial charge on any atom is 0.338 e. The van der Waals surface area contributed by atoms with Crippen molar-refractivity contribution in [2.75, 3.05) is 13.7 Å². The molecule has 1 aliphatic heterocycles. The predicted octanol–water partition coefficient (Wildman–Crippen LogP) is 3.03. The topological polar surface area (TPSA) is 118 Å². The number of benzene rings is 3. The molecule has 192 valence electrons. The van der Waals surface area contributed by atoms with Gasteiger partial charge in [-0.1, -0.05) is 54.6 Å². The molecule has 0 aliphatic carbocycles. The highest BCUT2D eigenvalue weighted by atomic mass is 16.7. The highest BCUT2D eigenvalue weighted by Gasteiger charge is 2.51. The highest BCUT2D eigenvalue weighted by Crippen LogP contribution is 2.29. The van der Waals surface area contributed by atoms with E-state index in [0.717, 1.165) is 0 Å². The minimum absolute atomic E-state index is 0.246. The van der Waals surface area contributed by atoms with Gasteiger partial charge in [-0.25, -0.2) is 14.4 Å². The van der Waals surface area contributed by atoms with Gasteiger partial charge in [0.05, 0.1) is 16.7 Å². The summed E-state index contributed by atoms with van der Waals surface area (Å²) in [6.07, 6.45) is -6.49. The molecule has 3 aromatic rings. The average molecular weight is 507 g/mol. The van der Waals surface area contributed by atoms with E-state index in [0.29, 0.717) is 5.56 Å². The van der Waals surface area contributed by atoms with Crippen LogP contribution in [-0.4, -0.2) is 67.4 Å². The molecular formula is C28H26O9. The van der Waals surface area contributed by atoms with E-state index in [-0.39, 0.29) is 11.1 Å². The standard InChI is InChI=1S/C28H26O9/c1-33-24-23(37-27(31)20-15-9-4-10-16-20)22(36-26(30)19-13-7-3-8-14-19)21(35-28(24)32)17-34-25(29)18-11-5-2-6-12-18/h2-16,21-24,28,32H,17H2,1H3/t21-,22+,23+,24-,28+/m1/s1. The summed E-state index contributed by atoms with van der Waals surface area (Å²) < 4.78 is 27.8. The minimum atomic E-state index is -1.56. The predicted molar refractivity (Wildman–Crippen MR) is 130 cm³/mol. The van der Waals surface area contributed by atoms with Crippen molar-refractivity contribution < 1.29 is 43.2 Å². The van der Waals surface area contributed by atoms with Crippen LogP contribution in [-0.2, 0) is 23.7 Å². The van der Waals surface area contributed by atoms with Crippen molar-refractivity contribution in [2.45, 2.75) is 30.7 Å². The number of aliphatic hydroxyl groups is 1. The number of carbonyl (C=O) groups is 3. The van der Waals surface area contributed by atoms with Gasteiger partial charge in [-0.15, -0.1) is 0 Å². The fourth-order valence-corrected chi connectivity index (χ4v) is 3.90. The number of ether oxygens (including phenoxy) is 5. The number of methoxy groups -OCH3 is 1. The molecule has 1 saturated heterocycles. The van der Waals surface area contributed by atoms with Crippen LogP contribution in [0.2, 0.25) is 0 Å². The Kier molecular flexibility index (Phi) is 8.63. The Balaban J connectivity index is 1.60. The Morgan fingerprint density at radius 1 is 0.676 bits per heavy atom. The molecule has 0 unspecified atom stereocenters. The van der Waals surface area contributed by atoms with Gasteiger partial charge in [-0.3, -0.25) is 0 Å². The van der Waals surface area contributed by atoms with Crippen LogP contribution in [0.4, 0.5) is 0 Å². The molecule has 0 bridgehead atoms. The lowest BCUT2D eigenvalue weighted by atomic mass is 9.98. The highest BCUT2D eigenvalue weighted by molar-refractivity contribution is 5.90. The summed E-state index contributed by atoms with van der Waals surface area (Å²) in [5, 5.41) is 10.6. The normalized spacial score (nSPS) is 23.0. The zero-order chi connectivity index (χ0) is 26.2. The molecule has 1 fully saturated rings. The second-order valence-electron chi connectivity index (χ2n) is 8.20. The van der Waals surface area contributed by atoms with Gasteiger partial charge in [-0.2, -0.15) is 0 Å². The van der Waals surface area contributed by atoms with Crippen LogP contribution < -0.4 is 0 Å². The van der Waals surface area contributed by atoms with E-state index in [1.807, 2.05) is 0 Å². The molecule has 4 rings (SSSR count). The number of carbonyl (C=O) groups excluding carboxylic acids is 3. The van der Waals surface area contributed by atoms with Crippen LogP contribution in [0.15, 0.2) is 91.0 Å². The molecule has 1 aliphatic rings. The van der Waals surface area contributed by atoms with Gasteiger partial charge in [-0.05, 0) is 36.4 Å². The van der Waals surface area contributed by atoms with E-state index in [1.165, 1.54) is 7.11 Å². The van der Waals surface area contributed by atoms with E-state index < -0.39 is 55.2 Å². The maximum absolute atomic E-state index is 13.0. The van der Waals surface area contributed by atoms with Gasteiger partial charge < -0.3 is 28.8 Å². The Hall–Kier alpha value is -4.05. The third-order valence-corrected chi connectivity index (χ3v) is 5.77.